The number of hydrogen-bond acceptors (Lipinski definition) is 5. The lowest BCUT2D eigenvalue weighted by molar-refractivity contribution is -0.137. The summed E-state index contributed by atoms with van der Waals surface area (Å²) < 4.78 is 41.1. The highest BCUT2D eigenvalue weighted by Crippen LogP contribution is 2.33. The molecule has 0 aliphatic rings. The Morgan fingerprint density at radius 3 is 2.56 bits per heavy atom. The van der Waals surface area contributed by atoms with Crippen molar-refractivity contribution in [3.05, 3.63) is 48.0 Å². The summed E-state index contributed by atoms with van der Waals surface area (Å²) in [7, 11) is 0. The van der Waals surface area contributed by atoms with Gasteiger partial charge in [0, 0.05) is 11.4 Å². The van der Waals surface area contributed by atoms with Crippen LogP contribution >= 0.6 is 23.5 Å². The summed E-state index contributed by atoms with van der Waals surface area (Å²) in [6.07, 6.45) is -3.74. The molecule has 0 saturated carbocycles. The van der Waals surface area contributed by atoms with Crippen LogP contribution in [0.4, 0.5) is 18.9 Å². The normalized spacial score (nSPS) is 11.6. The van der Waals surface area contributed by atoms with Gasteiger partial charge in [-0.2, -0.15) is 13.2 Å². The Bertz CT molecular complexity index is 1130. The highest BCUT2D eigenvalue weighted by atomic mass is 32.2. The van der Waals surface area contributed by atoms with E-state index in [-0.39, 0.29) is 17.4 Å². The second-order valence-electron chi connectivity index (χ2n) is 6.84. The number of carbonyl (C=O) groups is 2. The molecule has 0 radical (unpaired) electrons. The van der Waals surface area contributed by atoms with E-state index < -0.39 is 17.6 Å². The van der Waals surface area contributed by atoms with E-state index in [0.717, 1.165) is 23.9 Å². The first-order chi connectivity index (χ1) is 15.2. The first-order valence-corrected chi connectivity index (χ1v) is 11.7. The molecule has 3 aromatic rings. The van der Waals surface area contributed by atoms with E-state index in [4.69, 9.17) is 5.73 Å². The summed E-state index contributed by atoms with van der Waals surface area (Å²) in [5.41, 5.74) is 5.84. The van der Waals surface area contributed by atoms with Gasteiger partial charge in [-0.1, -0.05) is 30.8 Å². The largest absolute Gasteiger partial charge is 0.416 e. The first kappa shape index (κ1) is 24.0. The highest BCUT2D eigenvalue weighted by molar-refractivity contribution is 8.00. The van der Waals surface area contributed by atoms with E-state index in [1.807, 2.05) is 6.92 Å². The number of imidazole rings is 1. The van der Waals surface area contributed by atoms with Gasteiger partial charge < -0.3 is 15.6 Å². The fourth-order valence-corrected chi connectivity index (χ4v) is 4.58. The molecule has 11 heteroatoms. The van der Waals surface area contributed by atoms with Gasteiger partial charge in [-0.3, -0.25) is 9.59 Å². The number of primary amides is 1. The van der Waals surface area contributed by atoms with E-state index in [0.29, 0.717) is 39.7 Å². The van der Waals surface area contributed by atoms with Gasteiger partial charge in [-0.15, -0.1) is 11.8 Å². The molecule has 1 aromatic heterocycles. The van der Waals surface area contributed by atoms with Crippen LogP contribution in [0.5, 0.6) is 0 Å². The predicted octanol–water partition coefficient (Wildman–Crippen LogP) is 4.77. The quantitative estimate of drug-likeness (QED) is 0.429. The molecular weight excluding hydrogens is 461 g/mol. The molecule has 6 nitrogen and oxygen atoms in total. The van der Waals surface area contributed by atoms with Crippen molar-refractivity contribution >= 4 is 52.1 Å². The van der Waals surface area contributed by atoms with E-state index in [2.05, 4.69) is 10.3 Å². The van der Waals surface area contributed by atoms with Gasteiger partial charge in [0.15, 0.2) is 5.16 Å². The average Bonchev–Trinajstić information content (AvgIpc) is 3.08. The van der Waals surface area contributed by atoms with E-state index >= 15 is 0 Å². The van der Waals surface area contributed by atoms with Gasteiger partial charge in [-0.05, 0) is 36.8 Å². The maximum Gasteiger partial charge on any atom is 0.416 e. The standard InChI is InChI=1S/C21H21F3N4O2S2/c1-2-9-28-16-10-13(21(22,23)24)7-8-14(16)27-20(28)32-12-19(30)26-15-5-3-4-6-17(15)31-11-18(25)29/h3-8,10H,2,9,11-12H2,1H3,(H2,25,29)(H,26,30). The Labute approximate surface area is 191 Å². The van der Waals surface area contributed by atoms with E-state index in [9.17, 15) is 22.8 Å². The van der Waals surface area contributed by atoms with E-state index in [1.54, 1.807) is 28.8 Å². The molecular formula is C21H21F3N4O2S2. The van der Waals surface area contributed by atoms with Gasteiger partial charge in [0.05, 0.1) is 33.8 Å². The number of anilines is 1. The van der Waals surface area contributed by atoms with Crippen molar-refractivity contribution in [3.8, 4) is 0 Å². The van der Waals surface area contributed by atoms with Crippen LogP contribution in [0, 0.1) is 0 Å². The molecule has 0 aliphatic carbocycles. The number of thioether (sulfide) groups is 2. The maximum absolute atomic E-state index is 13.1. The van der Waals surface area contributed by atoms with Crippen molar-refractivity contribution in [2.45, 2.75) is 36.1 Å². The maximum atomic E-state index is 13.1. The number of aromatic nitrogens is 2. The minimum atomic E-state index is -4.44. The molecule has 0 unspecified atom stereocenters. The Morgan fingerprint density at radius 2 is 1.88 bits per heavy atom. The zero-order valence-electron chi connectivity index (χ0n) is 17.1. The molecule has 0 bridgehead atoms. The SMILES string of the molecule is CCCn1c(SCC(=O)Nc2ccccc2SCC(N)=O)nc2ccc(C(F)(F)F)cc21. The zero-order valence-corrected chi connectivity index (χ0v) is 18.7. The van der Waals surface area contributed by atoms with E-state index in [1.165, 1.54) is 17.8 Å². The summed E-state index contributed by atoms with van der Waals surface area (Å²) in [6, 6.07) is 10.5. The molecule has 1 heterocycles. The molecule has 170 valence electrons. The number of carbonyl (C=O) groups excluding carboxylic acids is 2. The van der Waals surface area contributed by atoms with Crippen molar-refractivity contribution in [2.24, 2.45) is 5.73 Å². The fraction of sp³-hybridized carbons (Fsp3) is 0.286. The van der Waals surface area contributed by atoms with Crippen LogP contribution in [0.1, 0.15) is 18.9 Å². The van der Waals surface area contributed by atoms with Crippen molar-refractivity contribution in [1.29, 1.82) is 0 Å². The summed E-state index contributed by atoms with van der Waals surface area (Å²) in [5.74, 6) is -0.653. The van der Waals surface area contributed by atoms with Gasteiger partial charge in [0.1, 0.15) is 0 Å². The third-order valence-electron chi connectivity index (χ3n) is 4.35. The summed E-state index contributed by atoms with van der Waals surface area (Å²) in [5, 5.41) is 3.28. The second kappa shape index (κ2) is 10.3. The lowest BCUT2D eigenvalue weighted by Crippen LogP contribution is -2.16. The number of nitrogens with one attached hydrogen (secondary N) is 1. The lowest BCUT2D eigenvalue weighted by atomic mass is 10.2. The van der Waals surface area contributed by atoms with Gasteiger partial charge >= 0.3 is 6.18 Å². The number of halogens is 3. The number of fused-ring (bicyclic) bond motifs is 1. The number of nitrogens with two attached hydrogens (primary N) is 1. The minimum absolute atomic E-state index is 0.0218. The molecule has 32 heavy (non-hydrogen) atoms. The second-order valence-corrected chi connectivity index (χ2v) is 8.79. The average molecular weight is 483 g/mol. The summed E-state index contributed by atoms with van der Waals surface area (Å²) >= 11 is 2.38. The van der Waals surface area contributed by atoms with Crippen molar-refractivity contribution in [1.82, 2.24) is 9.55 Å². The monoisotopic (exact) mass is 482 g/mol. The number of benzene rings is 2. The number of para-hydroxylation sites is 1. The Morgan fingerprint density at radius 1 is 1.12 bits per heavy atom. The van der Waals surface area contributed by atoms with Gasteiger partial charge in [0.25, 0.3) is 0 Å². The predicted molar refractivity (Wildman–Crippen MR) is 121 cm³/mol. The number of alkyl halides is 3. The van der Waals surface area contributed by atoms with Crippen molar-refractivity contribution in [2.75, 3.05) is 16.8 Å². The Kier molecular flexibility index (Phi) is 7.73. The number of hydrogen-bond donors (Lipinski definition) is 2. The first-order valence-electron chi connectivity index (χ1n) is 9.69. The topological polar surface area (TPSA) is 90.0 Å². The number of amides is 2. The Hall–Kier alpha value is -2.66. The molecule has 0 fully saturated rings. The molecule has 0 aliphatic heterocycles. The summed E-state index contributed by atoms with van der Waals surface area (Å²) in [6.45, 7) is 2.40. The van der Waals surface area contributed by atoms with Gasteiger partial charge in [0.2, 0.25) is 11.8 Å². The number of rotatable bonds is 9. The smallest absolute Gasteiger partial charge is 0.369 e. The minimum Gasteiger partial charge on any atom is -0.369 e. The summed E-state index contributed by atoms with van der Waals surface area (Å²) in [4.78, 5) is 28.7. The molecule has 3 rings (SSSR count). The molecule has 2 amide bonds. The van der Waals surface area contributed by atoms with Crippen molar-refractivity contribution in [3.63, 3.8) is 0 Å². The Balaban J connectivity index is 1.75. The van der Waals surface area contributed by atoms with Crippen LogP contribution in [-0.2, 0) is 22.3 Å². The van der Waals surface area contributed by atoms with Crippen LogP contribution in [-0.4, -0.2) is 32.9 Å². The number of nitrogens with zero attached hydrogens (tertiary/aromatic N) is 2. The van der Waals surface area contributed by atoms with Crippen LogP contribution in [0.15, 0.2) is 52.5 Å². The zero-order chi connectivity index (χ0) is 23.3. The molecule has 3 N–H and O–H groups in total. The molecule has 0 atom stereocenters. The lowest BCUT2D eigenvalue weighted by Gasteiger charge is -2.11. The fourth-order valence-electron chi connectivity index (χ4n) is 2.99. The third kappa shape index (κ3) is 5.98. The molecule has 2 aromatic carbocycles. The highest BCUT2D eigenvalue weighted by Gasteiger charge is 2.31. The van der Waals surface area contributed by atoms with Crippen LogP contribution in [0.2, 0.25) is 0 Å². The van der Waals surface area contributed by atoms with Crippen LogP contribution < -0.4 is 11.1 Å². The van der Waals surface area contributed by atoms with Crippen LogP contribution in [0.3, 0.4) is 0 Å². The van der Waals surface area contributed by atoms with Gasteiger partial charge in [-0.25, -0.2) is 4.98 Å². The number of aryl methyl sites for hydroxylation is 1. The van der Waals surface area contributed by atoms with Crippen LogP contribution in [0.25, 0.3) is 11.0 Å². The third-order valence-corrected chi connectivity index (χ3v) is 6.42. The molecule has 0 saturated heterocycles. The van der Waals surface area contributed by atoms with Crippen molar-refractivity contribution < 1.29 is 22.8 Å². The molecule has 0 spiro atoms.